The summed E-state index contributed by atoms with van der Waals surface area (Å²) >= 11 is 0. The minimum Gasteiger partial charge on any atom is -0.314 e. The van der Waals surface area contributed by atoms with Gasteiger partial charge in [0.25, 0.3) is 0 Å². The maximum absolute atomic E-state index is 11.7. The third-order valence-electron chi connectivity index (χ3n) is 3.46. The third-order valence-corrected chi connectivity index (χ3v) is 4.89. The van der Waals surface area contributed by atoms with Crippen LogP contribution in [0.15, 0.2) is 29.2 Å². The number of rotatable bonds is 7. The molecule has 0 aliphatic rings. The van der Waals surface area contributed by atoms with Gasteiger partial charge in [-0.25, -0.2) is 13.1 Å². The van der Waals surface area contributed by atoms with Gasteiger partial charge in [0.1, 0.15) is 0 Å². The van der Waals surface area contributed by atoms with Crippen LogP contribution in [-0.2, 0) is 10.0 Å². The summed E-state index contributed by atoms with van der Waals surface area (Å²) in [6.07, 6.45) is 1.02. The normalized spacial score (nSPS) is 15.2. The van der Waals surface area contributed by atoms with Crippen LogP contribution >= 0.6 is 0 Å². The predicted octanol–water partition coefficient (Wildman–Crippen LogP) is 2.09. The van der Waals surface area contributed by atoms with Crippen molar-refractivity contribution < 1.29 is 8.42 Å². The molecular weight excluding hydrogens is 260 g/mol. The molecule has 19 heavy (non-hydrogen) atoms. The molecule has 4 nitrogen and oxygen atoms in total. The summed E-state index contributed by atoms with van der Waals surface area (Å²) in [5, 5.41) is 3.42. The number of hydrogen-bond acceptors (Lipinski definition) is 3. The second-order valence-electron chi connectivity index (χ2n) is 4.64. The van der Waals surface area contributed by atoms with Crippen LogP contribution in [-0.4, -0.2) is 28.1 Å². The molecule has 1 aromatic rings. The zero-order valence-electron chi connectivity index (χ0n) is 12.1. The van der Waals surface area contributed by atoms with E-state index in [-0.39, 0.29) is 0 Å². The van der Waals surface area contributed by atoms with E-state index in [2.05, 4.69) is 30.8 Å². The fourth-order valence-electron chi connectivity index (χ4n) is 2.35. The Balaban J connectivity index is 2.97. The van der Waals surface area contributed by atoms with Gasteiger partial charge >= 0.3 is 0 Å². The quantitative estimate of drug-likeness (QED) is 0.806. The number of likely N-dealkylation sites (N-methyl/N-ethyl adjacent to an activating group) is 1. The summed E-state index contributed by atoms with van der Waals surface area (Å²) in [4.78, 5) is 0.310. The predicted molar refractivity (Wildman–Crippen MR) is 78.9 cm³/mol. The molecule has 0 radical (unpaired) electrons. The maximum atomic E-state index is 11.7. The van der Waals surface area contributed by atoms with Gasteiger partial charge in [-0.05, 0) is 50.6 Å². The van der Waals surface area contributed by atoms with Crippen LogP contribution in [0.5, 0.6) is 0 Å². The van der Waals surface area contributed by atoms with Gasteiger partial charge in [-0.15, -0.1) is 0 Å². The van der Waals surface area contributed by atoms with E-state index < -0.39 is 10.0 Å². The lowest BCUT2D eigenvalue weighted by Gasteiger charge is -2.24. The second-order valence-corrected chi connectivity index (χ2v) is 6.52. The minimum atomic E-state index is -3.34. The summed E-state index contributed by atoms with van der Waals surface area (Å²) in [5.41, 5.74) is 1.17. The fourth-order valence-corrected chi connectivity index (χ4v) is 3.08. The topological polar surface area (TPSA) is 58.2 Å². The van der Waals surface area contributed by atoms with Gasteiger partial charge < -0.3 is 5.32 Å². The minimum absolute atomic E-state index is 0.310. The van der Waals surface area contributed by atoms with Crippen LogP contribution in [0.25, 0.3) is 0 Å². The standard InChI is InChI=1S/C14H24N2O2S/c1-5-14(11(3)16-6-2)12-7-9-13(10-8-12)19(17,18)15-4/h7-11,14-16H,5-6H2,1-4H3. The number of nitrogens with one attached hydrogen (secondary N) is 2. The molecule has 2 N–H and O–H groups in total. The van der Waals surface area contributed by atoms with Crippen LogP contribution in [0.4, 0.5) is 0 Å². The first-order valence-electron chi connectivity index (χ1n) is 6.73. The molecule has 5 heteroatoms. The first-order chi connectivity index (χ1) is 8.96. The van der Waals surface area contributed by atoms with Crippen LogP contribution < -0.4 is 10.0 Å². The number of sulfonamides is 1. The zero-order valence-corrected chi connectivity index (χ0v) is 12.9. The van der Waals surface area contributed by atoms with Gasteiger partial charge in [0.05, 0.1) is 4.90 Å². The van der Waals surface area contributed by atoms with Crippen LogP contribution in [0.1, 0.15) is 38.7 Å². The highest BCUT2D eigenvalue weighted by atomic mass is 32.2. The molecule has 0 aromatic heterocycles. The molecule has 0 aliphatic heterocycles. The monoisotopic (exact) mass is 284 g/mol. The summed E-state index contributed by atoms with van der Waals surface area (Å²) in [6.45, 7) is 7.34. The molecule has 0 bridgehead atoms. The summed E-state index contributed by atoms with van der Waals surface area (Å²) in [6, 6.07) is 7.53. The van der Waals surface area contributed by atoms with Crippen molar-refractivity contribution in [2.45, 2.75) is 44.0 Å². The highest BCUT2D eigenvalue weighted by Crippen LogP contribution is 2.24. The Hall–Kier alpha value is -0.910. The SMILES string of the molecule is CCNC(C)C(CC)c1ccc(S(=O)(=O)NC)cc1. The lowest BCUT2D eigenvalue weighted by atomic mass is 9.90. The van der Waals surface area contributed by atoms with Crippen molar-refractivity contribution >= 4 is 10.0 Å². The van der Waals surface area contributed by atoms with E-state index in [1.807, 2.05) is 12.1 Å². The molecule has 2 atom stereocenters. The molecule has 0 heterocycles. The smallest absolute Gasteiger partial charge is 0.240 e. The first kappa shape index (κ1) is 16.1. The molecule has 0 spiro atoms. The summed E-state index contributed by atoms with van der Waals surface area (Å²) in [7, 11) is -1.92. The molecule has 0 aliphatic carbocycles. The van der Waals surface area contributed by atoms with E-state index in [4.69, 9.17) is 0 Å². The van der Waals surface area contributed by atoms with Crippen molar-refractivity contribution in [1.29, 1.82) is 0 Å². The molecule has 1 rings (SSSR count). The number of hydrogen-bond donors (Lipinski definition) is 2. The molecule has 0 saturated heterocycles. The van der Waals surface area contributed by atoms with E-state index in [1.165, 1.54) is 12.6 Å². The lowest BCUT2D eigenvalue weighted by molar-refractivity contribution is 0.460. The van der Waals surface area contributed by atoms with Crippen molar-refractivity contribution in [3.05, 3.63) is 29.8 Å². The van der Waals surface area contributed by atoms with Gasteiger partial charge in [-0.2, -0.15) is 0 Å². The average molecular weight is 284 g/mol. The molecule has 1 aromatic carbocycles. The molecule has 0 fully saturated rings. The average Bonchev–Trinajstić information content (AvgIpc) is 2.40. The van der Waals surface area contributed by atoms with Gasteiger partial charge in [-0.3, -0.25) is 0 Å². The Labute approximate surface area is 116 Å². The van der Waals surface area contributed by atoms with Gasteiger partial charge in [0, 0.05) is 6.04 Å². The van der Waals surface area contributed by atoms with E-state index in [1.54, 1.807) is 12.1 Å². The van der Waals surface area contributed by atoms with Crippen LogP contribution in [0.3, 0.4) is 0 Å². The van der Waals surface area contributed by atoms with E-state index >= 15 is 0 Å². The third kappa shape index (κ3) is 4.03. The largest absolute Gasteiger partial charge is 0.314 e. The molecule has 0 saturated carbocycles. The first-order valence-corrected chi connectivity index (χ1v) is 8.21. The van der Waals surface area contributed by atoms with Crippen LogP contribution in [0.2, 0.25) is 0 Å². The van der Waals surface area contributed by atoms with Gasteiger partial charge in [0.2, 0.25) is 10.0 Å². The van der Waals surface area contributed by atoms with Crippen molar-refractivity contribution in [2.24, 2.45) is 0 Å². The van der Waals surface area contributed by atoms with Gasteiger partial charge in [0.15, 0.2) is 0 Å². The Bertz CT molecular complexity index is 483. The van der Waals surface area contributed by atoms with Crippen LogP contribution in [0, 0.1) is 0 Å². The molecule has 108 valence electrons. The summed E-state index contributed by atoms with van der Waals surface area (Å²) < 4.78 is 25.7. The number of benzene rings is 1. The Morgan fingerprint density at radius 3 is 2.16 bits per heavy atom. The van der Waals surface area contributed by atoms with Crippen molar-refractivity contribution in [1.82, 2.24) is 10.0 Å². The Morgan fingerprint density at radius 2 is 1.74 bits per heavy atom. The molecule has 2 unspecified atom stereocenters. The van der Waals surface area contributed by atoms with Gasteiger partial charge in [-0.1, -0.05) is 26.0 Å². The zero-order chi connectivity index (χ0) is 14.5. The lowest BCUT2D eigenvalue weighted by Crippen LogP contribution is -2.31. The Morgan fingerprint density at radius 1 is 1.16 bits per heavy atom. The van der Waals surface area contributed by atoms with E-state index in [9.17, 15) is 8.42 Å². The Kier molecular flexibility index (Phi) is 5.97. The van der Waals surface area contributed by atoms with E-state index in [0.717, 1.165) is 13.0 Å². The summed E-state index contributed by atoms with van der Waals surface area (Å²) in [5.74, 6) is 0.395. The molecule has 0 amide bonds. The maximum Gasteiger partial charge on any atom is 0.240 e. The highest BCUT2D eigenvalue weighted by molar-refractivity contribution is 7.89. The van der Waals surface area contributed by atoms with Crippen molar-refractivity contribution in [2.75, 3.05) is 13.6 Å². The highest BCUT2D eigenvalue weighted by Gasteiger charge is 2.18. The van der Waals surface area contributed by atoms with Crippen molar-refractivity contribution in [3.8, 4) is 0 Å². The van der Waals surface area contributed by atoms with Crippen molar-refractivity contribution in [3.63, 3.8) is 0 Å². The van der Waals surface area contributed by atoms with E-state index in [0.29, 0.717) is 16.9 Å². The second kappa shape index (κ2) is 7.03. The fraction of sp³-hybridized carbons (Fsp3) is 0.571. The molecular formula is C14H24N2O2S.